The maximum absolute atomic E-state index is 11.7. The first-order chi connectivity index (χ1) is 7.00. The summed E-state index contributed by atoms with van der Waals surface area (Å²) < 4.78 is 0. The molecule has 80 valence electrons. The molecule has 0 unspecified atom stereocenters. The summed E-state index contributed by atoms with van der Waals surface area (Å²) in [5, 5.41) is 0. The number of hydrogen-bond acceptors (Lipinski definition) is 2. The van der Waals surface area contributed by atoms with Crippen LogP contribution in [-0.4, -0.2) is 19.9 Å². The zero-order chi connectivity index (χ0) is 11.4. The third kappa shape index (κ3) is 3.24. The largest absolute Gasteiger partial charge is 0.378 e. The predicted octanol–water partition coefficient (Wildman–Crippen LogP) is 2.90. The fourth-order valence-electron chi connectivity index (χ4n) is 1.28. The van der Waals surface area contributed by atoms with Crippen LogP contribution in [0.15, 0.2) is 35.9 Å². The summed E-state index contributed by atoms with van der Waals surface area (Å²) in [7, 11) is 3.93. The van der Waals surface area contributed by atoms with Gasteiger partial charge < -0.3 is 4.90 Å². The Balaban J connectivity index is 3.01. The lowest BCUT2D eigenvalue weighted by Crippen LogP contribution is -2.09. The Morgan fingerprint density at radius 3 is 2.47 bits per heavy atom. The van der Waals surface area contributed by atoms with Crippen LogP contribution in [0.2, 0.25) is 0 Å². The van der Waals surface area contributed by atoms with Crippen molar-refractivity contribution < 1.29 is 4.79 Å². The Bertz CT molecular complexity index is 387. The molecule has 0 saturated carbocycles. The highest BCUT2D eigenvalue weighted by Gasteiger charge is 2.03. The van der Waals surface area contributed by atoms with E-state index in [1.165, 1.54) is 0 Å². The Kier molecular flexibility index (Phi) is 3.67. The van der Waals surface area contributed by atoms with Crippen LogP contribution in [0.1, 0.15) is 24.2 Å². The van der Waals surface area contributed by atoms with Gasteiger partial charge in [0.15, 0.2) is 5.78 Å². The lowest BCUT2D eigenvalue weighted by molar-refractivity contribution is 0.104. The van der Waals surface area contributed by atoms with Crippen LogP contribution in [0.5, 0.6) is 0 Å². The molecule has 0 amide bonds. The Morgan fingerprint density at radius 1 is 1.27 bits per heavy atom. The van der Waals surface area contributed by atoms with Crippen molar-refractivity contribution >= 4 is 11.5 Å². The number of hydrogen-bond donors (Lipinski definition) is 0. The molecular weight excluding hydrogens is 186 g/mol. The van der Waals surface area contributed by atoms with Gasteiger partial charge in [0.1, 0.15) is 0 Å². The van der Waals surface area contributed by atoms with Crippen molar-refractivity contribution in [3.63, 3.8) is 0 Å². The number of nitrogens with zero attached hydrogens (tertiary/aromatic N) is 1. The van der Waals surface area contributed by atoms with Gasteiger partial charge >= 0.3 is 0 Å². The molecule has 0 radical (unpaired) electrons. The first kappa shape index (κ1) is 11.5. The minimum atomic E-state index is 0.0682. The van der Waals surface area contributed by atoms with E-state index in [0.29, 0.717) is 0 Å². The van der Waals surface area contributed by atoms with Gasteiger partial charge in [0, 0.05) is 25.3 Å². The monoisotopic (exact) mass is 203 g/mol. The molecule has 0 spiro atoms. The second-order valence-electron chi connectivity index (χ2n) is 4.03. The third-order valence-corrected chi connectivity index (χ3v) is 2.07. The zero-order valence-electron chi connectivity index (χ0n) is 9.74. The highest BCUT2D eigenvalue weighted by molar-refractivity contribution is 6.05. The van der Waals surface area contributed by atoms with Gasteiger partial charge in [-0.3, -0.25) is 4.79 Å². The van der Waals surface area contributed by atoms with Crippen molar-refractivity contribution in [2.45, 2.75) is 13.8 Å². The van der Waals surface area contributed by atoms with Crippen molar-refractivity contribution in [1.82, 2.24) is 0 Å². The average Bonchev–Trinajstić information content (AvgIpc) is 2.17. The molecule has 0 saturated heterocycles. The number of carbonyl (C=O) groups is 1. The molecule has 1 aromatic carbocycles. The molecule has 1 aromatic rings. The number of benzene rings is 1. The van der Waals surface area contributed by atoms with Crippen molar-refractivity contribution in [2.75, 3.05) is 19.0 Å². The van der Waals surface area contributed by atoms with Crippen LogP contribution < -0.4 is 4.90 Å². The van der Waals surface area contributed by atoms with E-state index in [1.807, 2.05) is 57.1 Å². The smallest absolute Gasteiger partial charge is 0.185 e. The highest BCUT2D eigenvalue weighted by atomic mass is 16.1. The molecule has 0 atom stereocenters. The maximum Gasteiger partial charge on any atom is 0.185 e. The van der Waals surface area contributed by atoms with Crippen LogP contribution in [0.25, 0.3) is 0 Å². The standard InChI is InChI=1S/C13H17NO/c1-10(2)8-13(15)11-6-5-7-12(9-11)14(3)4/h5-9H,1-4H3. The summed E-state index contributed by atoms with van der Waals surface area (Å²) in [6, 6.07) is 7.64. The van der Waals surface area contributed by atoms with E-state index in [-0.39, 0.29) is 5.78 Å². The van der Waals surface area contributed by atoms with Crippen molar-refractivity contribution in [3.8, 4) is 0 Å². The molecule has 0 aliphatic carbocycles. The second-order valence-corrected chi connectivity index (χ2v) is 4.03. The predicted molar refractivity (Wildman–Crippen MR) is 64.5 cm³/mol. The van der Waals surface area contributed by atoms with E-state index in [0.717, 1.165) is 16.8 Å². The van der Waals surface area contributed by atoms with Gasteiger partial charge in [-0.05, 0) is 32.1 Å². The number of rotatable bonds is 3. The quantitative estimate of drug-likeness (QED) is 0.556. The van der Waals surface area contributed by atoms with Crippen LogP contribution in [-0.2, 0) is 0 Å². The van der Waals surface area contributed by atoms with Crippen LogP contribution in [0.3, 0.4) is 0 Å². The molecule has 0 N–H and O–H groups in total. The lowest BCUT2D eigenvalue weighted by Gasteiger charge is -2.12. The van der Waals surface area contributed by atoms with E-state index in [4.69, 9.17) is 0 Å². The molecule has 0 fully saturated rings. The normalized spacial score (nSPS) is 9.60. The summed E-state index contributed by atoms with van der Waals surface area (Å²) in [6.07, 6.45) is 1.66. The minimum absolute atomic E-state index is 0.0682. The van der Waals surface area contributed by atoms with Gasteiger partial charge in [-0.15, -0.1) is 0 Å². The van der Waals surface area contributed by atoms with Crippen LogP contribution >= 0.6 is 0 Å². The highest BCUT2D eigenvalue weighted by Crippen LogP contribution is 2.14. The number of allylic oxidation sites excluding steroid dienone is 2. The van der Waals surface area contributed by atoms with Gasteiger partial charge in [0.25, 0.3) is 0 Å². The molecule has 1 rings (SSSR count). The minimum Gasteiger partial charge on any atom is -0.378 e. The summed E-state index contributed by atoms with van der Waals surface area (Å²) in [5.74, 6) is 0.0682. The van der Waals surface area contributed by atoms with Crippen molar-refractivity contribution in [1.29, 1.82) is 0 Å². The van der Waals surface area contributed by atoms with Crippen molar-refractivity contribution in [3.05, 3.63) is 41.5 Å². The maximum atomic E-state index is 11.7. The van der Waals surface area contributed by atoms with Gasteiger partial charge in [-0.1, -0.05) is 17.7 Å². The fraction of sp³-hybridized carbons (Fsp3) is 0.308. The molecule has 0 aliphatic heterocycles. The first-order valence-electron chi connectivity index (χ1n) is 4.97. The molecule has 0 aliphatic rings. The molecule has 2 nitrogen and oxygen atoms in total. The topological polar surface area (TPSA) is 20.3 Å². The Labute approximate surface area is 91.2 Å². The summed E-state index contributed by atoms with van der Waals surface area (Å²) in [4.78, 5) is 13.7. The van der Waals surface area contributed by atoms with E-state index in [2.05, 4.69) is 0 Å². The van der Waals surface area contributed by atoms with E-state index < -0.39 is 0 Å². The van der Waals surface area contributed by atoms with E-state index >= 15 is 0 Å². The third-order valence-electron chi connectivity index (χ3n) is 2.07. The molecule has 15 heavy (non-hydrogen) atoms. The average molecular weight is 203 g/mol. The van der Waals surface area contributed by atoms with Gasteiger partial charge in [0.2, 0.25) is 0 Å². The molecule has 0 aromatic heterocycles. The Hall–Kier alpha value is -1.57. The molecule has 0 bridgehead atoms. The van der Waals surface area contributed by atoms with Gasteiger partial charge in [-0.2, -0.15) is 0 Å². The number of carbonyl (C=O) groups excluding carboxylic acids is 1. The Morgan fingerprint density at radius 2 is 1.93 bits per heavy atom. The lowest BCUT2D eigenvalue weighted by atomic mass is 10.1. The first-order valence-corrected chi connectivity index (χ1v) is 4.97. The zero-order valence-corrected chi connectivity index (χ0v) is 9.74. The molecule has 0 heterocycles. The van der Waals surface area contributed by atoms with E-state index in [1.54, 1.807) is 6.08 Å². The summed E-state index contributed by atoms with van der Waals surface area (Å²) in [6.45, 7) is 3.85. The summed E-state index contributed by atoms with van der Waals surface area (Å²) in [5.41, 5.74) is 2.81. The number of ketones is 1. The molecule has 2 heteroatoms. The van der Waals surface area contributed by atoms with Gasteiger partial charge in [0.05, 0.1) is 0 Å². The molecular formula is C13H17NO. The summed E-state index contributed by atoms with van der Waals surface area (Å²) >= 11 is 0. The fourth-order valence-corrected chi connectivity index (χ4v) is 1.28. The van der Waals surface area contributed by atoms with Crippen LogP contribution in [0, 0.1) is 0 Å². The second kappa shape index (κ2) is 4.78. The SMILES string of the molecule is CC(C)=CC(=O)c1cccc(N(C)C)c1. The van der Waals surface area contributed by atoms with E-state index in [9.17, 15) is 4.79 Å². The van der Waals surface area contributed by atoms with Crippen LogP contribution in [0.4, 0.5) is 5.69 Å². The van der Waals surface area contributed by atoms with Crippen molar-refractivity contribution in [2.24, 2.45) is 0 Å². The van der Waals surface area contributed by atoms with Gasteiger partial charge in [-0.25, -0.2) is 0 Å². The number of anilines is 1.